The minimum Gasteiger partial charge on any atom is -0.496 e. The van der Waals surface area contributed by atoms with Crippen LogP contribution in [0.4, 0.5) is 11.6 Å². The summed E-state index contributed by atoms with van der Waals surface area (Å²) < 4.78 is 10.2. The molecule has 10 heteroatoms. The molecule has 110 valence electrons. The van der Waals surface area contributed by atoms with E-state index in [1.54, 1.807) is 7.05 Å². The summed E-state index contributed by atoms with van der Waals surface area (Å²) in [7, 11) is 3.00. The second kappa shape index (κ2) is 6.18. The fourth-order valence-electron chi connectivity index (χ4n) is 1.44. The van der Waals surface area contributed by atoms with Crippen molar-refractivity contribution >= 4 is 23.2 Å². The van der Waals surface area contributed by atoms with Gasteiger partial charge in [0.2, 0.25) is 17.0 Å². The third kappa shape index (κ3) is 3.45. The molecule has 0 amide bonds. The van der Waals surface area contributed by atoms with Gasteiger partial charge in [-0.25, -0.2) is 0 Å². The summed E-state index contributed by atoms with van der Waals surface area (Å²) >= 11 is 5.71. The van der Waals surface area contributed by atoms with Gasteiger partial charge in [0.15, 0.2) is 0 Å². The quantitative estimate of drug-likeness (QED) is 0.661. The van der Waals surface area contributed by atoms with E-state index in [0.29, 0.717) is 5.75 Å². The summed E-state index contributed by atoms with van der Waals surface area (Å²) in [5.41, 5.74) is -0.281. The lowest BCUT2D eigenvalue weighted by Gasteiger charge is -2.07. The minimum absolute atomic E-state index is 0.0369. The topological polar surface area (TPSA) is 112 Å². The molecule has 2 aromatic rings. The molecule has 2 rings (SSSR count). The predicted molar refractivity (Wildman–Crippen MR) is 74.1 cm³/mol. The van der Waals surface area contributed by atoms with E-state index >= 15 is 0 Å². The number of hydrogen-bond donors (Lipinski definition) is 1. The third-order valence-corrected chi connectivity index (χ3v) is 2.54. The average Bonchev–Trinajstić information content (AvgIpc) is 2.46. The number of methoxy groups -OCH3 is 1. The SMILES string of the molecule is CNc1nc(Cl)nc(Oc2ccc(OC)cc2[N+](=O)[O-])n1. The van der Waals surface area contributed by atoms with E-state index in [9.17, 15) is 10.1 Å². The molecule has 1 aromatic carbocycles. The standard InChI is InChI=1S/C11H10ClN5O4/c1-13-10-14-9(12)15-11(16-10)21-8-4-3-6(20-2)5-7(8)17(18)19/h3-5H,1-2H3,(H,13,14,15,16). The molecule has 0 radical (unpaired) electrons. The first-order chi connectivity index (χ1) is 10.0. The van der Waals surface area contributed by atoms with Crippen LogP contribution in [-0.4, -0.2) is 34.0 Å². The molecule has 0 aliphatic carbocycles. The van der Waals surface area contributed by atoms with Crippen molar-refractivity contribution in [3.8, 4) is 17.5 Å². The normalized spacial score (nSPS) is 10.0. The predicted octanol–water partition coefficient (Wildman–Crippen LogP) is 2.28. The molecule has 0 fully saturated rings. The second-order valence-electron chi connectivity index (χ2n) is 3.65. The maximum atomic E-state index is 11.0. The highest BCUT2D eigenvalue weighted by molar-refractivity contribution is 6.28. The number of hydrogen-bond acceptors (Lipinski definition) is 8. The van der Waals surface area contributed by atoms with Gasteiger partial charge < -0.3 is 14.8 Å². The molecule has 0 aliphatic heterocycles. The molecule has 1 heterocycles. The van der Waals surface area contributed by atoms with E-state index in [0.717, 1.165) is 0 Å². The van der Waals surface area contributed by atoms with Crippen LogP contribution in [0.3, 0.4) is 0 Å². The van der Waals surface area contributed by atoms with Gasteiger partial charge in [0, 0.05) is 7.05 Å². The fraction of sp³-hybridized carbons (Fsp3) is 0.182. The number of rotatable bonds is 5. The van der Waals surface area contributed by atoms with Crippen LogP contribution in [0.2, 0.25) is 5.28 Å². The number of benzene rings is 1. The number of anilines is 1. The summed E-state index contributed by atoms with van der Waals surface area (Å²) in [6, 6.07) is 3.97. The number of nitrogens with zero attached hydrogens (tertiary/aromatic N) is 4. The number of nitrogens with one attached hydrogen (secondary N) is 1. The van der Waals surface area contributed by atoms with Gasteiger partial charge in [-0.15, -0.1) is 0 Å². The Balaban J connectivity index is 2.39. The van der Waals surface area contributed by atoms with Gasteiger partial charge in [-0.1, -0.05) is 0 Å². The van der Waals surface area contributed by atoms with Crippen molar-refractivity contribution in [2.75, 3.05) is 19.5 Å². The van der Waals surface area contributed by atoms with E-state index in [1.165, 1.54) is 25.3 Å². The molecule has 0 aliphatic rings. The molecule has 21 heavy (non-hydrogen) atoms. The van der Waals surface area contributed by atoms with Crippen molar-refractivity contribution in [2.24, 2.45) is 0 Å². The van der Waals surface area contributed by atoms with Crippen molar-refractivity contribution in [2.45, 2.75) is 0 Å². The molecule has 0 saturated heterocycles. The zero-order chi connectivity index (χ0) is 15.4. The van der Waals surface area contributed by atoms with Gasteiger partial charge in [-0.3, -0.25) is 10.1 Å². The van der Waals surface area contributed by atoms with Gasteiger partial charge in [0.05, 0.1) is 18.1 Å². The molecule has 0 spiro atoms. The molecule has 1 aromatic heterocycles. The van der Waals surface area contributed by atoms with E-state index in [2.05, 4.69) is 20.3 Å². The Hall–Kier alpha value is -2.68. The molecule has 0 atom stereocenters. The van der Waals surface area contributed by atoms with Crippen molar-refractivity contribution in [3.63, 3.8) is 0 Å². The lowest BCUT2D eigenvalue weighted by atomic mass is 10.3. The van der Waals surface area contributed by atoms with Gasteiger partial charge in [-0.2, -0.15) is 15.0 Å². The zero-order valence-corrected chi connectivity index (χ0v) is 11.8. The largest absolute Gasteiger partial charge is 0.496 e. The molecule has 1 N–H and O–H groups in total. The smallest absolute Gasteiger partial charge is 0.328 e. The average molecular weight is 312 g/mol. The highest BCUT2D eigenvalue weighted by Crippen LogP contribution is 2.33. The maximum absolute atomic E-state index is 11.0. The first kappa shape index (κ1) is 14.7. The van der Waals surface area contributed by atoms with Gasteiger partial charge in [0.25, 0.3) is 0 Å². The Labute approximate surface area is 124 Å². The number of aromatic nitrogens is 3. The van der Waals surface area contributed by atoms with E-state index < -0.39 is 4.92 Å². The van der Waals surface area contributed by atoms with Crippen molar-refractivity contribution in [1.29, 1.82) is 0 Å². The van der Waals surface area contributed by atoms with Crippen LogP contribution in [0.15, 0.2) is 18.2 Å². The Morgan fingerprint density at radius 2 is 2.10 bits per heavy atom. The van der Waals surface area contributed by atoms with Gasteiger partial charge in [0.1, 0.15) is 5.75 Å². The first-order valence-corrected chi connectivity index (χ1v) is 6.01. The molecule has 0 saturated carbocycles. The van der Waals surface area contributed by atoms with E-state index in [-0.39, 0.29) is 28.7 Å². The molecule has 0 unspecified atom stereocenters. The van der Waals surface area contributed by atoms with Crippen LogP contribution in [0.25, 0.3) is 0 Å². The van der Waals surface area contributed by atoms with Crippen LogP contribution in [0.5, 0.6) is 17.5 Å². The number of ether oxygens (including phenoxy) is 2. The van der Waals surface area contributed by atoms with Crippen LogP contribution in [0.1, 0.15) is 0 Å². The van der Waals surface area contributed by atoms with Crippen molar-refractivity contribution in [1.82, 2.24) is 15.0 Å². The molecule has 9 nitrogen and oxygen atoms in total. The Morgan fingerprint density at radius 3 is 2.71 bits per heavy atom. The Bertz CT molecular complexity index is 682. The van der Waals surface area contributed by atoms with Crippen molar-refractivity contribution in [3.05, 3.63) is 33.6 Å². The molecule has 0 bridgehead atoms. The lowest BCUT2D eigenvalue weighted by Crippen LogP contribution is -2.02. The fourth-order valence-corrected chi connectivity index (χ4v) is 1.59. The lowest BCUT2D eigenvalue weighted by molar-refractivity contribution is -0.385. The van der Waals surface area contributed by atoms with Crippen LogP contribution < -0.4 is 14.8 Å². The highest BCUT2D eigenvalue weighted by Gasteiger charge is 2.19. The molecular weight excluding hydrogens is 302 g/mol. The van der Waals surface area contributed by atoms with Crippen LogP contribution in [0, 0.1) is 10.1 Å². The Morgan fingerprint density at radius 1 is 1.33 bits per heavy atom. The van der Waals surface area contributed by atoms with Crippen LogP contribution >= 0.6 is 11.6 Å². The minimum atomic E-state index is -0.598. The number of nitro groups is 1. The first-order valence-electron chi connectivity index (χ1n) is 5.63. The summed E-state index contributed by atoms with van der Waals surface area (Å²) in [4.78, 5) is 21.9. The Kier molecular flexibility index (Phi) is 4.33. The second-order valence-corrected chi connectivity index (χ2v) is 3.99. The summed E-state index contributed by atoms with van der Waals surface area (Å²) in [5.74, 6) is 0.477. The van der Waals surface area contributed by atoms with Crippen molar-refractivity contribution < 1.29 is 14.4 Å². The zero-order valence-electron chi connectivity index (χ0n) is 11.0. The van der Waals surface area contributed by atoms with Gasteiger partial charge >= 0.3 is 11.7 Å². The summed E-state index contributed by atoms with van der Waals surface area (Å²) in [5, 5.41) is 13.6. The highest BCUT2D eigenvalue weighted by atomic mass is 35.5. The van der Waals surface area contributed by atoms with Crippen LogP contribution in [-0.2, 0) is 0 Å². The van der Waals surface area contributed by atoms with E-state index in [1.807, 2.05) is 0 Å². The van der Waals surface area contributed by atoms with E-state index in [4.69, 9.17) is 21.1 Å². The molecular formula is C11H10ClN5O4. The summed E-state index contributed by atoms with van der Waals surface area (Å²) in [6.45, 7) is 0. The number of halogens is 1. The number of nitro benzene ring substituents is 1. The van der Waals surface area contributed by atoms with Gasteiger partial charge in [-0.05, 0) is 23.7 Å². The summed E-state index contributed by atoms with van der Waals surface area (Å²) in [6.07, 6.45) is 0. The third-order valence-electron chi connectivity index (χ3n) is 2.38. The monoisotopic (exact) mass is 311 g/mol. The maximum Gasteiger partial charge on any atom is 0.328 e.